The first-order chi connectivity index (χ1) is 13.2. The highest BCUT2D eigenvalue weighted by Crippen LogP contribution is 2.08. The summed E-state index contributed by atoms with van der Waals surface area (Å²) in [7, 11) is -2.48. The van der Waals surface area contributed by atoms with Crippen LogP contribution in [0, 0.1) is 6.92 Å². The number of nitrogens with zero attached hydrogens (tertiary/aromatic N) is 3. The van der Waals surface area contributed by atoms with Gasteiger partial charge in [-0.05, 0) is 19.3 Å². The van der Waals surface area contributed by atoms with Crippen molar-refractivity contribution < 1.29 is 26.5 Å². The molecule has 1 aromatic heterocycles. The van der Waals surface area contributed by atoms with E-state index >= 15 is 0 Å². The monoisotopic (exact) mass is 417 g/mol. The predicted octanol–water partition coefficient (Wildman–Crippen LogP) is 2.07. The molecule has 1 saturated heterocycles. The minimum atomic E-state index is -4.47. The first kappa shape index (κ1) is 24.6. The zero-order valence-electron chi connectivity index (χ0n) is 17.4. The van der Waals surface area contributed by atoms with Gasteiger partial charge < -0.3 is 9.45 Å². The Morgan fingerprint density at radius 1 is 1.18 bits per heavy atom. The highest BCUT2D eigenvalue weighted by atomic mass is 32.3. The minimum absolute atomic E-state index is 0.0258. The maximum atomic E-state index is 11.9. The highest BCUT2D eigenvalue weighted by molar-refractivity contribution is 7.80. The SMILES string of the molecule is CCCCCCCCOS(=O)(=O)[O-].Cc1n(CC(=O)N2CCCC2)cc[n+]1C. The summed E-state index contributed by atoms with van der Waals surface area (Å²) in [6, 6.07) is 0. The van der Waals surface area contributed by atoms with Crippen molar-refractivity contribution in [3.05, 3.63) is 18.2 Å². The smallest absolute Gasteiger partial charge is 0.264 e. The van der Waals surface area contributed by atoms with E-state index in [1.165, 1.54) is 19.3 Å². The summed E-state index contributed by atoms with van der Waals surface area (Å²) in [6.07, 6.45) is 12.5. The largest absolute Gasteiger partial charge is 0.726 e. The number of hydrogen-bond donors (Lipinski definition) is 0. The third kappa shape index (κ3) is 10.2. The molecule has 1 aliphatic rings. The van der Waals surface area contributed by atoms with Crippen molar-refractivity contribution in [2.24, 2.45) is 7.05 Å². The van der Waals surface area contributed by atoms with Crippen LogP contribution in [0.15, 0.2) is 12.4 Å². The molecule has 1 fully saturated rings. The summed E-state index contributed by atoms with van der Waals surface area (Å²) >= 11 is 0. The number of rotatable bonds is 10. The van der Waals surface area contributed by atoms with E-state index in [2.05, 4.69) is 11.1 Å². The van der Waals surface area contributed by atoms with Gasteiger partial charge in [-0.1, -0.05) is 39.0 Å². The van der Waals surface area contributed by atoms with Crippen LogP contribution in [0.3, 0.4) is 0 Å². The van der Waals surface area contributed by atoms with Crippen molar-refractivity contribution in [2.45, 2.75) is 71.8 Å². The molecule has 0 aromatic carbocycles. The number of carbonyl (C=O) groups excluding carboxylic acids is 1. The second-order valence-corrected chi connectivity index (χ2v) is 8.22. The Labute approximate surface area is 169 Å². The van der Waals surface area contributed by atoms with Crippen molar-refractivity contribution in [1.29, 1.82) is 0 Å². The number of aromatic nitrogens is 2. The Morgan fingerprint density at radius 3 is 2.32 bits per heavy atom. The second-order valence-electron chi connectivity index (χ2n) is 7.17. The lowest BCUT2D eigenvalue weighted by Gasteiger charge is -2.13. The van der Waals surface area contributed by atoms with E-state index in [0.29, 0.717) is 13.0 Å². The third-order valence-electron chi connectivity index (χ3n) is 4.89. The van der Waals surface area contributed by atoms with Gasteiger partial charge in [0, 0.05) is 20.0 Å². The average Bonchev–Trinajstić information content (AvgIpc) is 3.27. The van der Waals surface area contributed by atoms with Gasteiger partial charge in [0.15, 0.2) is 6.54 Å². The quantitative estimate of drug-likeness (QED) is 0.251. The van der Waals surface area contributed by atoms with E-state index in [4.69, 9.17) is 0 Å². The molecule has 0 unspecified atom stereocenters. The lowest BCUT2D eigenvalue weighted by atomic mass is 10.1. The number of likely N-dealkylation sites (tertiary alicyclic amines) is 1. The molecular formula is C19H35N3O5S. The van der Waals surface area contributed by atoms with Gasteiger partial charge in [-0.15, -0.1) is 0 Å². The van der Waals surface area contributed by atoms with Crippen LogP contribution in [0.1, 0.15) is 64.1 Å². The maximum absolute atomic E-state index is 11.9. The van der Waals surface area contributed by atoms with Crippen molar-refractivity contribution in [1.82, 2.24) is 9.47 Å². The molecule has 2 heterocycles. The lowest BCUT2D eigenvalue weighted by Crippen LogP contribution is -2.34. The number of hydrogen-bond acceptors (Lipinski definition) is 5. The Bertz CT molecular complexity index is 682. The first-order valence-corrected chi connectivity index (χ1v) is 11.5. The molecule has 2 rings (SSSR count). The Balaban J connectivity index is 0.000000284. The normalized spacial score (nSPS) is 14.1. The van der Waals surface area contributed by atoms with Crippen LogP contribution in [0.25, 0.3) is 0 Å². The molecule has 1 amide bonds. The van der Waals surface area contributed by atoms with Crippen LogP contribution in [0.5, 0.6) is 0 Å². The fourth-order valence-electron chi connectivity index (χ4n) is 3.02. The van der Waals surface area contributed by atoms with Crippen molar-refractivity contribution in [3.63, 3.8) is 0 Å². The fourth-order valence-corrected chi connectivity index (χ4v) is 3.34. The molecule has 1 aromatic rings. The highest BCUT2D eigenvalue weighted by Gasteiger charge is 2.21. The molecule has 0 atom stereocenters. The van der Waals surface area contributed by atoms with E-state index in [1.807, 2.05) is 40.4 Å². The molecule has 0 bridgehead atoms. The van der Waals surface area contributed by atoms with Crippen LogP contribution in [-0.4, -0.2) is 48.0 Å². The van der Waals surface area contributed by atoms with E-state index < -0.39 is 10.4 Å². The van der Waals surface area contributed by atoms with E-state index in [-0.39, 0.29) is 12.5 Å². The average molecular weight is 418 g/mol. The van der Waals surface area contributed by atoms with Crippen LogP contribution < -0.4 is 4.57 Å². The molecule has 0 aliphatic carbocycles. The van der Waals surface area contributed by atoms with Crippen LogP contribution >= 0.6 is 0 Å². The van der Waals surface area contributed by atoms with Gasteiger partial charge in [-0.3, -0.25) is 8.98 Å². The van der Waals surface area contributed by atoms with Crippen molar-refractivity contribution in [3.8, 4) is 0 Å². The van der Waals surface area contributed by atoms with Gasteiger partial charge in [-0.25, -0.2) is 17.6 Å². The molecule has 0 radical (unpaired) electrons. The van der Waals surface area contributed by atoms with Gasteiger partial charge in [0.05, 0.1) is 13.7 Å². The Morgan fingerprint density at radius 2 is 1.79 bits per heavy atom. The summed E-state index contributed by atoms with van der Waals surface area (Å²) in [6.45, 7) is 6.53. The number of carbonyl (C=O) groups is 1. The first-order valence-electron chi connectivity index (χ1n) is 10.1. The van der Waals surface area contributed by atoms with Crippen molar-refractivity contribution >= 4 is 16.3 Å². The molecule has 0 spiro atoms. The number of aryl methyl sites for hydroxylation is 1. The lowest BCUT2D eigenvalue weighted by molar-refractivity contribution is -0.677. The Kier molecular flexibility index (Phi) is 11.3. The molecular weight excluding hydrogens is 382 g/mol. The zero-order valence-corrected chi connectivity index (χ0v) is 18.2. The fraction of sp³-hybridized carbons (Fsp3) is 0.789. The molecule has 28 heavy (non-hydrogen) atoms. The summed E-state index contributed by atoms with van der Waals surface area (Å²) < 4.78 is 38.0. The topological polar surface area (TPSA) is 95.5 Å². The summed E-state index contributed by atoms with van der Waals surface area (Å²) in [5.74, 6) is 1.36. The standard InChI is InChI=1S/C11H18N3O.C8H18O4S/c1-10-12(2)7-8-14(10)9-11(15)13-5-3-4-6-13;1-2-3-4-5-6-7-8-12-13(9,10)11/h7-8H,3-6,9H2,1-2H3;2-8H2,1H3,(H,9,10,11)/q+1;/p-1. The third-order valence-corrected chi connectivity index (χ3v) is 5.34. The predicted molar refractivity (Wildman–Crippen MR) is 105 cm³/mol. The second kappa shape index (κ2) is 12.9. The number of amides is 1. The molecule has 9 heteroatoms. The van der Waals surface area contributed by atoms with Crippen LogP contribution in [-0.2, 0) is 33.0 Å². The molecule has 1 aliphatic heterocycles. The minimum Gasteiger partial charge on any atom is -0.726 e. The van der Waals surface area contributed by atoms with Gasteiger partial charge in [0.2, 0.25) is 10.4 Å². The molecule has 162 valence electrons. The number of unbranched alkanes of at least 4 members (excludes halogenated alkanes) is 5. The summed E-state index contributed by atoms with van der Waals surface area (Å²) in [4.78, 5) is 13.8. The van der Waals surface area contributed by atoms with Crippen LogP contribution in [0.2, 0.25) is 0 Å². The van der Waals surface area contributed by atoms with E-state index in [1.54, 1.807) is 0 Å². The molecule has 0 saturated carbocycles. The van der Waals surface area contributed by atoms with E-state index in [0.717, 1.165) is 44.6 Å². The summed E-state index contributed by atoms with van der Waals surface area (Å²) in [5, 5.41) is 0. The maximum Gasteiger partial charge on any atom is 0.264 e. The number of imidazole rings is 1. The van der Waals surface area contributed by atoms with Crippen molar-refractivity contribution in [2.75, 3.05) is 19.7 Å². The van der Waals surface area contributed by atoms with Gasteiger partial charge in [0.25, 0.3) is 11.7 Å². The molecule has 0 N–H and O–H groups in total. The molecule has 8 nitrogen and oxygen atoms in total. The summed E-state index contributed by atoms with van der Waals surface area (Å²) in [5.41, 5.74) is 0. The van der Waals surface area contributed by atoms with E-state index in [9.17, 15) is 17.8 Å². The van der Waals surface area contributed by atoms with Gasteiger partial charge >= 0.3 is 0 Å². The zero-order chi connectivity index (χ0) is 21.0. The van der Waals surface area contributed by atoms with Gasteiger partial charge in [-0.2, -0.15) is 0 Å². The van der Waals surface area contributed by atoms with Crippen LogP contribution in [0.4, 0.5) is 0 Å². The Hall–Kier alpha value is -1.45. The van der Waals surface area contributed by atoms with Gasteiger partial charge in [0.1, 0.15) is 12.4 Å².